The molecule has 0 saturated carbocycles. The lowest BCUT2D eigenvalue weighted by Crippen LogP contribution is -2.41. The lowest BCUT2D eigenvalue weighted by molar-refractivity contribution is -0.148. The van der Waals surface area contributed by atoms with E-state index in [9.17, 15) is 23.5 Å². The van der Waals surface area contributed by atoms with Crippen molar-refractivity contribution in [3.05, 3.63) is 35.4 Å². The van der Waals surface area contributed by atoms with Crippen molar-refractivity contribution in [2.45, 2.75) is 25.0 Å². The smallest absolute Gasteiger partial charge is 0.326 e. The zero-order chi connectivity index (χ0) is 14.9. The second-order valence-electron chi connectivity index (χ2n) is 4.67. The van der Waals surface area contributed by atoms with E-state index in [0.29, 0.717) is 0 Å². The number of carbonyl (C=O) groups excluding carboxylic acids is 1. The van der Waals surface area contributed by atoms with Crippen LogP contribution in [0, 0.1) is 11.6 Å². The number of aliphatic carboxylic acids is 1. The molecule has 1 aromatic rings. The van der Waals surface area contributed by atoms with Crippen LogP contribution in [-0.2, 0) is 16.0 Å². The molecule has 7 heteroatoms. The van der Waals surface area contributed by atoms with Crippen LogP contribution in [0.3, 0.4) is 0 Å². The topological polar surface area (TPSA) is 77.8 Å². The summed E-state index contributed by atoms with van der Waals surface area (Å²) < 4.78 is 26.9. The van der Waals surface area contributed by atoms with Gasteiger partial charge >= 0.3 is 5.97 Å². The molecule has 1 fully saturated rings. The van der Waals surface area contributed by atoms with Gasteiger partial charge in [-0.05, 0) is 12.1 Å². The number of aliphatic hydroxyl groups is 1. The Morgan fingerprint density at radius 2 is 1.90 bits per heavy atom. The molecule has 1 heterocycles. The highest BCUT2D eigenvalue weighted by Gasteiger charge is 2.39. The van der Waals surface area contributed by atoms with E-state index in [1.54, 1.807) is 0 Å². The Bertz CT molecular complexity index is 529. The Balaban J connectivity index is 2.18. The molecule has 1 aliphatic rings. The van der Waals surface area contributed by atoms with Crippen molar-refractivity contribution < 1.29 is 28.6 Å². The number of likely N-dealkylation sites (tertiary alicyclic amines) is 1. The highest BCUT2D eigenvalue weighted by atomic mass is 19.1. The zero-order valence-electron chi connectivity index (χ0n) is 10.4. The van der Waals surface area contributed by atoms with E-state index in [0.717, 1.165) is 17.0 Å². The number of β-amino-alcohol motifs (C(OH)–C–C–N with tert-alkyl or cyclic N) is 1. The van der Waals surface area contributed by atoms with Crippen LogP contribution in [0.5, 0.6) is 0 Å². The maximum absolute atomic E-state index is 13.5. The van der Waals surface area contributed by atoms with Crippen LogP contribution in [0.15, 0.2) is 18.2 Å². The van der Waals surface area contributed by atoms with Crippen molar-refractivity contribution in [3.63, 3.8) is 0 Å². The lowest BCUT2D eigenvalue weighted by atomic mass is 10.1. The minimum absolute atomic E-state index is 0.0825. The van der Waals surface area contributed by atoms with Crippen LogP contribution in [-0.4, -0.2) is 45.7 Å². The number of nitrogens with zero attached hydrogens (tertiary/aromatic N) is 1. The Labute approximate surface area is 113 Å². The van der Waals surface area contributed by atoms with Gasteiger partial charge in [0, 0.05) is 18.5 Å². The van der Waals surface area contributed by atoms with Crippen molar-refractivity contribution in [1.82, 2.24) is 4.90 Å². The summed E-state index contributed by atoms with van der Waals surface area (Å²) in [5.41, 5.74) is -0.400. The standard InChI is InChI=1S/C13H13F2NO4/c14-9-2-1-3-10(15)8(9)5-12(18)16-6-7(17)4-11(16)13(19)20/h1-3,7,11,17H,4-6H2,(H,19,20)/t7-,11+/m1/s1. The van der Waals surface area contributed by atoms with Crippen LogP contribution < -0.4 is 0 Å². The molecule has 20 heavy (non-hydrogen) atoms. The van der Waals surface area contributed by atoms with Crippen LogP contribution in [0.1, 0.15) is 12.0 Å². The number of carboxylic acid groups (broad SMARTS) is 1. The predicted molar refractivity (Wildman–Crippen MR) is 63.8 cm³/mol. The predicted octanol–water partition coefficient (Wildman–Crippen LogP) is 0.554. The van der Waals surface area contributed by atoms with Crippen LogP contribution in [0.2, 0.25) is 0 Å². The van der Waals surface area contributed by atoms with Crippen molar-refractivity contribution in [2.75, 3.05) is 6.54 Å². The van der Waals surface area contributed by atoms with Gasteiger partial charge < -0.3 is 15.1 Å². The fraction of sp³-hybridized carbons (Fsp3) is 0.385. The van der Waals surface area contributed by atoms with E-state index >= 15 is 0 Å². The number of halogens is 2. The van der Waals surface area contributed by atoms with Crippen molar-refractivity contribution in [1.29, 1.82) is 0 Å². The summed E-state index contributed by atoms with van der Waals surface area (Å²) in [6.45, 7) is -0.147. The molecule has 0 radical (unpaired) electrons. The maximum atomic E-state index is 13.5. The number of aliphatic hydroxyl groups excluding tert-OH is 1. The number of carboxylic acids is 1. The van der Waals surface area contributed by atoms with E-state index in [-0.39, 0.29) is 13.0 Å². The van der Waals surface area contributed by atoms with Gasteiger partial charge in [-0.25, -0.2) is 13.6 Å². The monoisotopic (exact) mass is 285 g/mol. The molecule has 0 unspecified atom stereocenters. The molecule has 0 bridgehead atoms. The van der Waals surface area contributed by atoms with Gasteiger partial charge in [0.05, 0.1) is 12.5 Å². The molecule has 2 N–H and O–H groups in total. The van der Waals surface area contributed by atoms with Crippen molar-refractivity contribution in [2.24, 2.45) is 0 Å². The average molecular weight is 285 g/mol. The van der Waals surface area contributed by atoms with E-state index in [4.69, 9.17) is 5.11 Å². The summed E-state index contributed by atoms with van der Waals surface area (Å²) in [6.07, 6.45) is -1.60. The average Bonchev–Trinajstić information content (AvgIpc) is 2.76. The van der Waals surface area contributed by atoms with Gasteiger partial charge in [-0.15, -0.1) is 0 Å². The van der Waals surface area contributed by atoms with Gasteiger partial charge in [-0.1, -0.05) is 6.07 Å². The first-order valence-corrected chi connectivity index (χ1v) is 6.03. The number of hydrogen-bond acceptors (Lipinski definition) is 3. The molecule has 1 amide bonds. The molecule has 1 saturated heterocycles. The summed E-state index contributed by atoms with van der Waals surface area (Å²) in [5, 5.41) is 18.4. The summed E-state index contributed by atoms with van der Waals surface area (Å²) >= 11 is 0. The summed E-state index contributed by atoms with van der Waals surface area (Å²) in [7, 11) is 0. The fourth-order valence-corrected chi connectivity index (χ4v) is 2.28. The van der Waals surface area contributed by atoms with Crippen LogP contribution in [0.4, 0.5) is 8.78 Å². The number of hydrogen-bond donors (Lipinski definition) is 2. The maximum Gasteiger partial charge on any atom is 0.326 e. The van der Waals surface area contributed by atoms with Crippen LogP contribution in [0.25, 0.3) is 0 Å². The third kappa shape index (κ3) is 2.77. The SMILES string of the molecule is O=C(O)[C@@H]1C[C@@H](O)CN1C(=O)Cc1c(F)cccc1F. The van der Waals surface area contributed by atoms with Gasteiger partial charge in [-0.3, -0.25) is 4.79 Å². The van der Waals surface area contributed by atoms with Crippen LogP contribution >= 0.6 is 0 Å². The third-order valence-corrected chi connectivity index (χ3v) is 3.27. The summed E-state index contributed by atoms with van der Waals surface area (Å²) in [5.74, 6) is -3.68. The lowest BCUT2D eigenvalue weighted by Gasteiger charge is -2.21. The van der Waals surface area contributed by atoms with E-state index in [1.165, 1.54) is 6.07 Å². The first-order valence-electron chi connectivity index (χ1n) is 6.03. The normalized spacial score (nSPS) is 22.1. The molecule has 108 valence electrons. The van der Waals surface area contributed by atoms with Gasteiger partial charge in [0.2, 0.25) is 5.91 Å². The fourth-order valence-electron chi connectivity index (χ4n) is 2.28. The van der Waals surface area contributed by atoms with E-state index in [1.807, 2.05) is 0 Å². The number of rotatable bonds is 3. The summed E-state index contributed by atoms with van der Waals surface area (Å²) in [4.78, 5) is 23.9. The number of carbonyl (C=O) groups is 2. The second kappa shape index (κ2) is 5.54. The molecule has 1 aliphatic heterocycles. The molecule has 5 nitrogen and oxygen atoms in total. The molecule has 0 aliphatic carbocycles. The van der Waals surface area contributed by atoms with Gasteiger partial charge in [0.25, 0.3) is 0 Å². The minimum atomic E-state index is -1.25. The molecule has 2 rings (SSSR count). The highest BCUT2D eigenvalue weighted by molar-refractivity contribution is 5.85. The third-order valence-electron chi connectivity index (χ3n) is 3.27. The first kappa shape index (κ1) is 14.4. The van der Waals surface area contributed by atoms with Crippen molar-refractivity contribution >= 4 is 11.9 Å². The highest BCUT2D eigenvalue weighted by Crippen LogP contribution is 2.21. The second-order valence-corrected chi connectivity index (χ2v) is 4.67. The number of amides is 1. The first-order chi connectivity index (χ1) is 9.40. The Morgan fingerprint density at radius 3 is 2.45 bits per heavy atom. The minimum Gasteiger partial charge on any atom is -0.480 e. The zero-order valence-corrected chi connectivity index (χ0v) is 10.4. The molecule has 1 aromatic carbocycles. The Morgan fingerprint density at radius 1 is 1.30 bits per heavy atom. The van der Waals surface area contributed by atoms with Gasteiger partial charge in [0.15, 0.2) is 0 Å². The molecule has 0 spiro atoms. The van der Waals surface area contributed by atoms with Crippen molar-refractivity contribution in [3.8, 4) is 0 Å². The molecule has 2 atom stereocenters. The summed E-state index contributed by atoms with van der Waals surface area (Å²) in [6, 6.07) is 2.07. The van der Waals surface area contributed by atoms with Gasteiger partial charge in [0.1, 0.15) is 17.7 Å². The number of benzene rings is 1. The molecular formula is C13H13F2NO4. The quantitative estimate of drug-likeness (QED) is 0.850. The molecule has 0 aromatic heterocycles. The Kier molecular flexibility index (Phi) is 3.99. The Hall–Kier alpha value is -2.02. The largest absolute Gasteiger partial charge is 0.480 e. The van der Waals surface area contributed by atoms with E-state index < -0.39 is 47.6 Å². The van der Waals surface area contributed by atoms with E-state index in [2.05, 4.69) is 0 Å². The molecular weight excluding hydrogens is 272 g/mol. The van der Waals surface area contributed by atoms with Gasteiger partial charge in [-0.2, -0.15) is 0 Å².